The molecule has 1 N–H and O–H groups in total. The zero-order valence-electron chi connectivity index (χ0n) is 18.2. The first-order chi connectivity index (χ1) is 16.1. The fourth-order valence-electron chi connectivity index (χ4n) is 3.18. The highest BCUT2D eigenvalue weighted by atomic mass is 35.5. The van der Waals surface area contributed by atoms with Crippen LogP contribution in [0.5, 0.6) is 0 Å². The van der Waals surface area contributed by atoms with Gasteiger partial charge in [-0.25, -0.2) is 14.6 Å². The van der Waals surface area contributed by atoms with E-state index in [1.165, 1.54) is 16.7 Å². The summed E-state index contributed by atoms with van der Waals surface area (Å²) in [6, 6.07) is -1.22. The smallest absolute Gasteiger partial charge is 0.358 e. The number of nitrogens with zero attached hydrogens (tertiary/aromatic N) is 3. The molecule has 34 heavy (non-hydrogen) atoms. The molecule has 1 aromatic rings. The number of carbonyl (C=O) groups excluding carboxylic acids is 4. The van der Waals surface area contributed by atoms with Crippen molar-refractivity contribution in [1.29, 1.82) is 0 Å². The quantitative estimate of drug-likeness (QED) is 0.0578. The molecule has 0 aromatic carbocycles. The summed E-state index contributed by atoms with van der Waals surface area (Å²) in [5.74, 6) is -3.94. The van der Waals surface area contributed by atoms with Crippen LogP contribution < -0.4 is 5.32 Å². The third-order valence-electron chi connectivity index (χ3n) is 4.77. The summed E-state index contributed by atoms with van der Waals surface area (Å²) in [6.45, 7) is 5.05. The zero-order valence-corrected chi connectivity index (χ0v) is 20.5. The molecule has 3 atom stereocenters. The number of hydrogen-bond acceptors (Lipinski definition) is 11. The van der Waals surface area contributed by atoms with Crippen molar-refractivity contribution in [2.24, 2.45) is 5.16 Å². The van der Waals surface area contributed by atoms with Gasteiger partial charge in [0.1, 0.15) is 17.1 Å². The van der Waals surface area contributed by atoms with Crippen molar-refractivity contribution in [3.05, 3.63) is 39.7 Å². The number of aromatic nitrogens is 1. The van der Waals surface area contributed by atoms with Crippen molar-refractivity contribution >= 4 is 79.7 Å². The van der Waals surface area contributed by atoms with Gasteiger partial charge in [0.05, 0.1) is 10.9 Å². The highest BCUT2D eigenvalue weighted by Crippen LogP contribution is 2.37. The number of thiazole rings is 1. The van der Waals surface area contributed by atoms with E-state index < -0.39 is 52.1 Å². The number of fused-ring (bicyclic) bond motifs is 1. The van der Waals surface area contributed by atoms with Gasteiger partial charge in [-0.3, -0.25) is 14.5 Å². The molecular weight excluding hydrogens is 509 g/mol. The second kappa shape index (κ2) is 10.6. The molecule has 1 saturated heterocycles. The van der Waals surface area contributed by atoms with Crippen molar-refractivity contribution in [3.63, 3.8) is 0 Å². The Bertz CT molecular complexity index is 1130. The number of carbonyl (C=O) groups is 4. The number of nitrogens with one attached hydrogen (secondary N) is 1. The Morgan fingerprint density at radius 2 is 2.15 bits per heavy atom. The Morgan fingerprint density at radius 3 is 2.71 bits per heavy atom. The van der Waals surface area contributed by atoms with Crippen LogP contribution in [0, 0.1) is 6.92 Å². The molecule has 2 amide bonds. The normalized spacial score (nSPS) is 21.9. The van der Waals surface area contributed by atoms with Crippen LogP contribution in [0.25, 0.3) is 0 Å². The predicted octanol–water partition coefficient (Wildman–Crippen LogP) is -2.22. The first-order valence-corrected chi connectivity index (χ1v) is 12.3. The van der Waals surface area contributed by atoms with Crippen LogP contribution in [-0.2, 0) is 44.5 Å². The molecule has 2 aliphatic rings. The van der Waals surface area contributed by atoms with Crippen LogP contribution >= 0.6 is 22.9 Å². The van der Waals surface area contributed by atoms with Crippen LogP contribution in [-0.4, -0.2) is 83.0 Å². The predicted molar refractivity (Wildman–Crippen MR) is 126 cm³/mol. The SMILES string of the molecule is BOC(=O)C(=C)O/N=C(\C(=O)N[C@@H]1C(=O)N2C(C(=O)OB)=C(CCl)C[S+]([O-])[C@H]12)c1csc(C)n1. The summed E-state index contributed by atoms with van der Waals surface area (Å²) in [5.41, 5.74) is -0.0199. The summed E-state index contributed by atoms with van der Waals surface area (Å²) in [6.07, 6.45) is 0. The van der Waals surface area contributed by atoms with E-state index in [2.05, 4.69) is 26.7 Å². The largest absolute Gasteiger partial charge is 0.614 e. The molecule has 3 heterocycles. The minimum Gasteiger partial charge on any atom is -0.614 e. The standard InChI is InChI=1S/C17H17B2ClN4O8S2/c1-6(16(27)30-18)32-23-10(9-4-33-7(2)21-9)13(25)22-11-14(26)24-12(17(28)31-19)8(3-20)5-34(29)15(11)24/h4,11,15H,1,3,5,18-19H2,2H3,(H,22,25)/b23-10-/t11-,15-,34?/m1/s1. The van der Waals surface area contributed by atoms with E-state index in [4.69, 9.17) is 21.1 Å². The van der Waals surface area contributed by atoms with Gasteiger partial charge in [-0.15, -0.1) is 22.9 Å². The molecule has 1 fully saturated rings. The lowest BCUT2D eigenvalue weighted by atomic mass is 10.0. The van der Waals surface area contributed by atoms with E-state index in [9.17, 15) is 23.7 Å². The van der Waals surface area contributed by atoms with Crippen LogP contribution in [0.3, 0.4) is 0 Å². The topological polar surface area (TPSA) is 160 Å². The number of aryl methyl sites for hydroxylation is 1. The number of halogens is 1. The average molecular weight is 527 g/mol. The molecule has 2 aliphatic heterocycles. The number of oxime groups is 1. The lowest BCUT2D eigenvalue weighted by Gasteiger charge is -2.49. The highest BCUT2D eigenvalue weighted by Gasteiger charge is 2.61. The molecule has 0 bridgehead atoms. The molecular formula is C17H17B2ClN4O8S2. The van der Waals surface area contributed by atoms with Crippen LogP contribution in [0.4, 0.5) is 0 Å². The number of alkyl halides is 1. The van der Waals surface area contributed by atoms with E-state index in [-0.39, 0.29) is 28.7 Å². The van der Waals surface area contributed by atoms with Crippen molar-refractivity contribution in [2.75, 3.05) is 11.6 Å². The Hall–Kier alpha value is -2.81. The molecule has 1 aromatic heterocycles. The van der Waals surface area contributed by atoms with Crippen molar-refractivity contribution in [1.82, 2.24) is 15.2 Å². The van der Waals surface area contributed by atoms with Gasteiger partial charge in [0.25, 0.3) is 11.8 Å². The fourth-order valence-corrected chi connectivity index (χ4v) is 5.80. The van der Waals surface area contributed by atoms with Crippen LogP contribution in [0.15, 0.2) is 34.1 Å². The monoisotopic (exact) mass is 526 g/mol. The van der Waals surface area contributed by atoms with Gasteiger partial charge >= 0.3 is 28.0 Å². The second-order valence-corrected chi connectivity index (χ2v) is 9.71. The zero-order chi connectivity index (χ0) is 25.2. The van der Waals surface area contributed by atoms with Crippen LogP contribution in [0.1, 0.15) is 10.7 Å². The molecule has 0 saturated carbocycles. The Morgan fingerprint density at radius 1 is 1.44 bits per heavy atom. The Balaban J connectivity index is 1.86. The molecule has 17 heteroatoms. The minimum absolute atomic E-state index is 0.0664. The lowest BCUT2D eigenvalue weighted by Crippen LogP contribution is -2.75. The summed E-state index contributed by atoms with van der Waals surface area (Å²) in [7, 11) is 2.26. The van der Waals surface area contributed by atoms with Gasteiger partial charge in [-0.2, -0.15) is 0 Å². The number of amides is 2. The number of hydrogen-bond donors (Lipinski definition) is 1. The molecule has 178 valence electrons. The van der Waals surface area contributed by atoms with Gasteiger partial charge in [-0.05, 0) is 24.7 Å². The summed E-state index contributed by atoms with van der Waals surface area (Å²) < 4.78 is 22.0. The Labute approximate surface area is 207 Å². The van der Waals surface area contributed by atoms with Gasteiger partial charge in [0.2, 0.25) is 11.1 Å². The van der Waals surface area contributed by atoms with Crippen molar-refractivity contribution in [2.45, 2.75) is 18.3 Å². The van der Waals surface area contributed by atoms with Crippen molar-refractivity contribution in [3.8, 4) is 0 Å². The van der Waals surface area contributed by atoms with Gasteiger partial charge in [0, 0.05) is 11.0 Å². The van der Waals surface area contributed by atoms with Gasteiger partial charge in [-0.1, -0.05) is 5.16 Å². The maximum Gasteiger partial charge on any atom is 0.358 e. The Kier molecular flexibility index (Phi) is 8.07. The maximum atomic E-state index is 13.0. The van der Waals surface area contributed by atoms with E-state index in [1.54, 1.807) is 6.92 Å². The highest BCUT2D eigenvalue weighted by molar-refractivity contribution is 7.92. The van der Waals surface area contributed by atoms with E-state index in [1.807, 2.05) is 0 Å². The summed E-state index contributed by atoms with van der Waals surface area (Å²) >= 11 is 5.44. The average Bonchev–Trinajstić information content (AvgIpc) is 3.26. The summed E-state index contributed by atoms with van der Waals surface area (Å²) in [4.78, 5) is 59.7. The molecule has 0 spiro atoms. The summed E-state index contributed by atoms with van der Waals surface area (Å²) in [5, 5.41) is 7.25. The van der Waals surface area contributed by atoms with Gasteiger partial charge < -0.3 is 24.0 Å². The van der Waals surface area contributed by atoms with E-state index in [0.717, 1.165) is 21.0 Å². The van der Waals surface area contributed by atoms with Crippen LogP contribution in [0.2, 0.25) is 0 Å². The number of rotatable bonds is 8. The minimum atomic E-state index is -1.66. The second-order valence-electron chi connectivity index (χ2n) is 6.85. The molecule has 0 aliphatic carbocycles. The molecule has 3 rings (SSSR count). The molecule has 1 unspecified atom stereocenters. The third kappa shape index (κ3) is 4.85. The van der Waals surface area contributed by atoms with E-state index >= 15 is 0 Å². The lowest BCUT2D eigenvalue weighted by molar-refractivity contribution is -0.149. The maximum absolute atomic E-state index is 13.0. The first kappa shape index (κ1) is 25.8. The van der Waals surface area contributed by atoms with E-state index in [0.29, 0.717) is 10.6 Å². The fraction of sp³-hybridized carbons (Fsp3) is 0.294. The number of β-lactam (4-membered cyclic amide) rings is 1. The van der Waals surface area contributed by atoms with Gasteiger partial charge in [0.15, 0.2) is 11.8 Å². The first-order valence-electron chi connectivity index (χ1n) is 9.46. The van der Waals surface area contributed by atoms with Crippen molar-refractivity contribution < 1.29 is 37.9 Å². The molecule has 12 nitrogen and oxygen atoms in total. The third-order valence-corrected chi connectivity index (χ3v) is 7.52. The molecule has 0 radical (unpaired) electrons.